The number of nitrogens with two attached hydrogens (primary N) is 1. The molecule has 100 valence electrons. The van der Waals surface area contributed by atoms with Gasteiger partial charge in [-0.1, -0.05) is 31.3 Å². The Kier molecular flexibility index (Phi) is 4.87. The first-order chi connectivity index (χ1) is 8.25. The molecular formula is C13H19NO2S2. The molecule has 0 heterocycles. The minimum atomic E-state index is -3.22. The van der Waals surface area contributed by atoms with Crippen LogP contribution in [-0.2, 0) is 16.3 Å². The molecule has 0 aliphatic carbocycles. The van der Waals surface area contributed by atoms with Gasteiger partial charge in [0.15, 0.2) is 9.84 Å². The molecule has 0 aliphatic heterocycles. The number of sulfone groups is 1. The highest BCUT2D eigenvalue weighted by molar-refractivity contribution is 7.92. The quantitative estimate of drug-likeness (QED) is 0.844. The van der Waals surface area contributed by atoms with Crippen LogP contribution in [0.25, 0.3) is 0 Å². The van der Waals surface area contributed by atoms with Crippen molar-refractivity contribution >= 4 is 27.0 Å². The summed E-state index contributed by atoms with van der Waals surface area (Å²) in [5, 5.41) is -0.416. The largest absolute Gasteiger partial charge is 0.393 e. The Morgan fingerprint density at radius 2 is 1.94 bits per heavy atom. The van der Waals surface area contributed by atoms with E-state index in [9.17, 15) is 8.42 Å². The zero-order valence-electron chi connectivity index (χ0n) is 10.9. The van der Waals surface area contributed by atoms with Crippen LogP contribution in [0.3, 0.4) is 0 Å². The monoisotopic (exact) mass is 285 g/mol. The van der Waals surface area contributed by atoms with E-state index in [2.05, 4.69) is 0 Å². The maximum absolute atomic E-state index is 12.1. The summed E-state index contributed by atoms with van der Waals surface area (Å²) >= 11 is 4.92. The Morgan fingerprint density at radius 3 is 2.44 bits per heavy atom. The standard InChI is InChI=1S/C13H19NO2S2/c1-9(2)18(15,16)12-6-4-5-11(8-12)7-10(3)13(14)17/h4-6,8-10H,7H2,1-3H3,(H2,14,17). The van der Waals surface area contributed by atoms with Crippen LogP contribution in [-0.4, -0.2) is 18.7 Å². The Morgan fingerprint density at radius 1 is 1.33 bits per heavy atom. The summed E-state index contributed by atoms with van der Waals surface area (Å²) in [4.78, 5) is 0.817. The summed E-state index contributed by atoms with van der Waals surface area (Å²) in [7, 11) is -3.22. The molecule has 0 bridgehead atoms. The highest BCUT2D eigenvalue weighted by Crippen LogP contribution is 2.19. The molecule has 0 spiro atoms. The van der Waals surface area contributed by atoms with E-state index < -0.39 is 15.1 Å². The predicted octanol–water partition coefficient (Wildman–Crippen LogP) is 2.33. The molecule has 5 heteroatoms. The van der Waals surface area contributed by atoms with Gasteiger partial charge in [0.05, 0.1) is 15.1 Å². The first kappa shape index (κ1) is 15.1. The van der Waals surface area contributed by atoms with E-state index in [1.807, 2.05) is 13.0 Å². The molecule has 0 radical (unpaired) electrons. The maximum Gasteiger partial charge on any atom is 0.180 e. The van der Waals surface area contributed by atoms with Gasteiger partial charge in [-0.25, -0.2) is 8.42 Å². The van der Waals surface area contributed by atoms with E-state index in [0.29, 0.717) is 16.3 Å². The van der Waals surface area contributed by atoms with Gasteiger partial charge < -0.3 is 5.73 Å². The van der Waals surface area contributed by atoms with E-state index in [1.54, 1.807) is 32.0 Å². The van der Waals surface area contributed by atoms with Gasteiger partial charge in [-0.05, 0) is 38.0 Å². The molecule has 0 saturated carbocycles. The Bertz CT molecular complexity index is 536. The summed E-state index contributed by atoms with van der Waals surface area (Å²) < 4.78 is 24.1. The van der Waals surface area contributed by atoms with Gasteiger partial charge in [0.1, 0.15) is 0 Å². The van der Waals surface area contributed by atoms with Crippen LogP contribution in [0.15, 0.2) is 29.2 Å². The molecule has 1 aromatic rings. The topological polar surface area (TPSA) is 60.2 Å². The summed E-state index contributed by atoms with van der Waals surface area (Å²) in [6, 6.07) is 7.00. The number of thiocarbonyl (C=S) groups is 1. The van der Waals surface area contributed by atoms with Gasteiger partial charge in [0, 0.05) is 5.92 Å². The van der Waals surface area contributed by atoms with E-state index >= 15 is 0 Å². The normalized spacial score (nSPS) is 13.6. The van der Waals surface area contributed by atoms with Crippen molar-refractivity contribution in [2.75, 3.05) is 0 Å². The van der Waals surface area contributed by atoms with E-state index in [4.69, 9.17) is 18.0 Å². The van der Waals surface area contributed by atoms with Crippen molar-refractivity contribution in [1.29, 1.82) is 0 Å². The lowest BCUT2D eigenvalue weighted by Gasteiger charge is -2.12. The number of hydrogen-bond donors (Lipinski definition) is 1. The van der Waals surface area contributed by atoms with Gasteiger partial charge in [-0.3, -0.25) is 0 Å². The second kappa shape index (κ2) is 5.80. The molecule has 1 atom stereocenters. The molecule has 1 aromatic carbocycles. The van der Waals surface area contributed by atoms with Crippen molar-refractivity contribution in [3.8, 4) is 0 Å². The fraction of sp³-hybridized carbons (Fsp3) is 0.462. The average molecular weight is 285 g/mol. The first-order valence-corrected chi connectivity index (χ1v) is 7.82. The minimum absolute atomic E-state index is 0.0667. The molecule has 0 saturated heterocycles. The molecule has 18 heavy (non-hydrogen) atoms. The molecule has 0 aromatic heterocycles. The van der Waals surface area contributed by atoms with Gasteiger partial charge >= 0.3 is 0 Å². The highest BCUT2D eigenvalue weighted by atomic mass is 32.2. The van der Waals surface area contributed by atoms with E-state index in [1.165, 1.54) is 0 Å². The van der Waals surface area contributed by atoms with Crippen molar-refractivity contribution in [2.45, 2.75) is 37.3 Å². The first-order valence-electron chi connectivity index (χ1n) is 5.87. The molecule has 2 N–H and O–H groups in total. The van der Waals surface area contributed by atoms with E-state index in [-0.39, 0.29) is 5.92 Å². The lowest BCUT2D eigenvalue weighted by atomic mass is 10.0. The number of benzene rings is 1. The van der Waals surface area contributed by atoms with Crippen molar-refractivity contribution in [2.24, 2.45) is 11.7 Å². The van der Waals surface area contributed by atoms with Crippen LogP contribution >= 0.6 is 12.2 Å². The zero-order valence-corrected chi connectivity index (χ0v) is 12.5. The number of rotatable bonds is 5. The maximum atomic E-state index is 12.1. The molecule has 0 fully saturated rings. The lowest BCUT2D eigenvalue weighted by Crippen LogP contribution is -2.20. The SMILES string of the molecule is CC(Cc1cccc(S(=O)(=O)C(C)C)c1)C(N)=S. The van der Waals surface area contributed by atoms with Crippen LogP contribution in [0.5, 0.6) is 0 Å². The van der Waals surface area contributed by atoms with Crippen LogP contribution in [0.1, 0.15) is 26.3 Å². The predicted molar refractivity (Wildman–Crippen MR) is 78.4 cm³/mol. The Labute approximate surface area is 114 Å². The van der Waals surface area contributed by atoms with Crippen molar-refractivity contribution < 1.29 is 8.42 Å². The van der Waals surface area contributed by atoms with Crippen LogP contribution in [0, 0.1) is 5.92 Å². The molecule has 3 nitrogen and oxygen atoms in total. The third-order valence-corrected chi connectivity index (χ3v) is 5.43. The summed E-state index contributed by atoms with van der Waals surface area (Å²) in [5.74, 6) is 0.0667. The fourth-order valence-corrected chi connectivity index (χ4v) is 2.79. The Balaban J connectivity index is 3.04. The molecular weight excluding hydrogens is 266 g/mol. The molecule has 1 rings (SSSR count). The van der Waals surface area contributed by atoms with Gasteiger partial charge in [-0.15, -0.1) is 0 Å². The summed E-state index contributed by atoms with van der Waals surface area (Å²) in [6.07, 6.45) is 0.663. The van der Waals surface area contributed by atoms with Gasteiger partial charge in [-0.2, -0.15) is 0 Å². The highest BCUT2D eigenvalue weighted by Gasteiger charge is 2.19. The molecule has 0 aliphatic rings. The number of hydrogen-bond acceptors (Lipinski definition) is 3. The summed E-state index contributed by atoms with van der Waals surface area (Å²) in [5.41, 5.74) is 6.51. The van der Waals surface area contributed by atoms with Gasteiger partial charge in [0.2, 0.25) is 0 Å². The van der Waals surface area contributed by atoms with E-state index in [0.717, 1.165) is 5.56 Å². The van der Waals surface area contributed by atoms with Crippen LogP contribution < -0.4 is 5.73 Å². The van der Waals surface area contributed by atoms with Crippen molar-refractivity contribution in [3.05, 3.63) is 29.8 Å². The third-order valence-electron chi connectivity index (χ3n) is 2.88. The Hall–Kier alpha value is -0.940. The lowest BCUT2D eigenvalue weighted by molar-refractivity contribution is 0.587. The van der Waals surface area contributed by atoms with Crippen molar-refractivity contribution in [1.82, 2.24) is 0 Å². The summed E-state index contributed by atoms with van der Waals surface area (Å²) in [6.45, 7) is 5.30. The zero-order chi connectivity index (χ0) is 13.9. The second-order valence-electron chi connectivity index (χ2n) is 4.75. The average Bonchev–Trinajstić information content (AvgIpc) is 2.28. The van der Waals surface area contributed by atoms with Crippen LogP contribution in [0.4, 0.5) is 0 Å². The second-order valence-corrected chi connectivity index (χ2v) is 7.72. The minimum Gasteiger partial charge on any atom is -0.393 e. The fourth-order valence-electron chi connectivity index (χ4n) is 1.58. The smallest absolute Gasteiger partial charge is 0.180 e. The molecule has 1 unspecified atom stereocenters. The third kappa shape index (κ3) is 3.53. The van der Waals surface area contributed by atoms with Crippen molar-refractivity contribution in [3.63, 3.8) is 0 Å². The van der Waals surface area contributed by atoms with Crippen LogP contribution in [0.2, 0.25) is 0 Å². The van der Waals surface area contributed by atoms with Gasteiger partial charge in [0.25, 0.3) is 0 Å². The molecule has 0 amide bonds.